The average Bonchev–Trinajstić information content (AvgIpc) is 1.65. The Morgan fingerprint density at radius 2 is 2.14 bits per heavy atom. The minimum absolute atomic E-state index is 0. The standard InChI is InChI=1S/CH6N4O.Li/c2-4-1(6)5-3;/h2-3H2,(H2,4,5,6);/q;+1/p-1. The van der Waals surface area contributed by atoms with Crippen molar-refractivity contribution in [3.8, 4) is 0 Å². The van der Waals surface area contributed by atoms with Crippen molar-refractivity contribution < 1.29 is 23.7 Å². The molecule has 0 radical (unpaired) electrons. The number of amides is 2. The van der Waals surface area contributed by atoms with Gasteiger partial charge in [0.15, 0.2) is 6.03 Å². The first-order valence-corrected chi connectivity index (χ1v) is 1.22. The molecule has 0 unspecified atom stereocenters. The van der Waals surface area contributed by atoms with Gasteiger partial charge in [0.1, 0.15) is 0 Å². The smallest absolute Gasteiger partial charge is 0.399 e. The van der Waals surface area contributed by atoms with Crippen LogP contribution in [-0.4, -0.2) is 6.03 Å². The van der Waals surface area contributed by atoms with Gasteiger partial charge in [-0.15, -0.1) is 0 Å². The number of hydrogen-bond donors (Lipinski definition) is 3. The van der Waals surface area contributed by atoms with Crippen molar-refractivity contribution >= 4 is 6.03 Å². The van der Waals surface area contributed by atoms with E-state index in [9.17, 15) is 4.79 Å². The number of hydrazine groups is 1. The maximum absolute atomic E-state index is 9.65. The Morgan fingerprint density at radius 1 is 1.71 bits per heavy atom. The van der Waals surface area contributed by atoms with Crippen LogP contribution in [0.4, 0.5) is 4.79 Å². The quantitative estimate of drug-likeness (QED) is 0.123. The van der Waals surface area contributed by atoms with Crippen LogP contribution in [0.25, 0.3) is 5.43 Å². The monoisotopic (exact) mass is 96.1 g/mol. The molecule has 5 nitrogen and oxygen atoms in total. The molecule has 0 saturated carbocycles. The molecule has 7 heavy (non-hydrogen) atoms. The molecule has 0 aliphatic rings. The maximum atomic E-state index is 9.65. The molecule has 0 aromatic heterocycles. The number of hydrogen-bond acceptors (Lipinski definition) is 3. The van der Waals surface area contributed by atoms with E-state index in [2.05, 4.69) is 17.1 Å². The summed E-state index contributed by atoms with van der Waals surface area (Å²) in [6.45, 7) is 0. The van der Waals surface area contributed by atoms with Crippen LogP contribution in [0.2, 0.25) is 0 Å². The van der Waals surface area contributed by atoms with Gasteiger partial charge in [-0.25, -0.2) is 0 Å². The minimum Gasteiger partial charge on any atom is -0.399 e. The fourth-order valence-corrected chi connectivity index (χ4v) is 0.0373. The molecule has 6 heteroatoms. The topological polar surface area (TPSA) is 95.2 Å². The van der Waals surface area contributed by atoms with E-state index in [1.54, 1.807) is 5.43 Å². The van der Waals surface area contributed by atoms with Crippen LogP contribution in [0.5, 0.6) is 0 Å². The van der Waals surface area contributed by atoms with Gasteiger partial charge in [-0.2, -0.15) is 0 Å². The Labute approximate surface area is 52.9 Å². The van der Waals surface area contributed by atoms with Crippen LogP contribution in [-0.2, 0) is 0 Å². The summed E-state index contributed by atoms with van der Waals surface area (Å²) in [5.41, 5.74) is 4.32. The van der Waals surface area contributed by atoms with E-state index < -0.39 is 6.03 Å². The number of nitrogens with two attached hydrogens (primary N) is 2. The molecule has 0 heterocycles. The zero-order valence-corrected chi connectivity index (χ0v) is 4.01. The van der Waals surface area contributed by atoms with E-state index >= 15 is 0 Å². The summed E-state index contributed by atoms with van der Waals surface area (Å²) in [6.07, 6.45) is 0. The summed E-state index contributed by atoms with van der Waals surface area (Å²) in [5.74, 6) is 8.92. The molecule has 0 fully saturated rings. The van der Waals surface area contributed by atoms with Crippen LogP contribution in [0, 0.1) is 0 Å². The van der Waals surface area contributed by atoms with Gasteiger partial charge in [0.25, 0.3) is 0 Å². The summed E-state index contributed by atoms with van der Waals surface area (Å²) >= 11 is 0. The number of nitrogens with zero attached hydrogens (tertiary/aromatic N) is 1. The Bertz CT molecular complexity index is 49.7. The summed E-state index contributed by atoms with van der Waals surface area (Å²) in [5, 5.41) is 0. The predicted molar refractivity (Wildman–Crippen MR) is 20.3 cm³/mol. The van der Waals surface area contributed by atoms with Crippen molar-refractivity contribution in [1.29, 1.82) is 0 Å². The van der Waals surface area contributed by atoms with Gasteiger partial charge >= 0.3 is 18.9 Å². The first-order valence-electron chi connectivity index (χ1n) is 1.22. The molecule has 2 amide bonds. The fraction of sp³-hybridized carbons (Fsp3) is 0. The van der Waals surface area contributed by atoms with Crippen LogP contribution in [0.1, 0.15) is 0 Å². The number of urea groups is 1. The molecular formula is CH5LiN4O. The van der Waals surface area contributed by atoms with Crippen molar-refractivity contribution in [1.82, 2.24) is 5.43 Å². The van der Waals surface area contributed by atoms with E-state index in [0.717, 1.165) is 0 Å². The predicted octanol–water partition coefficient (Wildman–Crippen LogP) is -4.18. The second-order valence-corrected chi connectivity index (χ2v) is 0.579. The number of carbonyl (C=O) groups excluding carboxylic acids is 1. The molecule has 0 aliphatic heterocycles. The zero-order valence-electron chi connectivity index (χ0n) is 4.01. The average molecular weight is 96.0 g/mol. The zero-order chi connectivity index (χ0) is 4.99. The van der Waals surface area contributed by atoms with Gasteiger partial charge < -0.3 is 22.5 Å². The largest absolute Gasteiger partial charge is 1.00 e. The molecule has 0 spiro atoms. The summed E-state index contributed by atoms with van der Waals surface area (Å²) in [4.78, 5) is 9.65. The van der Waals surface area contributed by atoms with Crippen molar-refractivity contribution in [3.63, 3.8) is 0 Å². The Balaban J connectivity index is 0. The third-order valence-electron chi connectivity index (χ3n) is 0.241. The maximum Gasteiger partial charge on any atom is 1.00 e. The van der Waals surface area contributed by atoms with Gasteiger partial charge in [-0.1, -0.05) is 0 Å². The second kappa shape index (κ2) is 5.79. The molecule has 0 aromatic carbocycles. The fourth-order valence-electron chi connectivity index (χ4n) is 0.0373. The third kappa shape index (κ3) is 5.79. The van der Waals surface area contributed by atoms with Gasteiger partial charge in [0.05, 0.1) is 0 Å². The van der Waals surface area contributed by atoms with E-state index in [-0.39, 0.29) is 18.9 Å². The van der Waals surface area contributed by atoms with E-state index in [1.165, 1.54) is 0 Å². The van der Waals surface area contributed by atoms with E-state index in [1.807, 2.05) is 0 Å². The molecule has 0 saturated heterocycles. The van der Waals surface area contributed by atoms with E-state index in [0.29, 0.717) is 0 Å². The first kappa shape index (κ1) is 9.92. The van der Waals surface area contributed by atoms with Gasteiger partial charge in [0, 0.05) is 0 Å². The molecule has 36 valence electrons. The van der Waals surface area contributed by atoms with Gasteiger partial charge in [-0.3, -0.25) is 4.79 Å². The SMILES string of the molecule is N[N-]C(=O)NN.[Li+]. The molecule has 0 aromatic rings. The Kier molecular flexibility index (Phi) is 8.20. The minimum atomic E-state index is -0.727. The van der Waals surface area contributed by atoms with Crippen LogP contribution in [0.3, 0.4) is 0 Å². The van der Waals surface area contributed by atoms with Crippen molar-refractivity contribution in [2.45, 2.75) is 0 Å². The number of rotatable bonds is 0. The van der Waals surface area contributed by atoms with Crippen LogP contribution < -0.4 is 36.0 Å². The molecule has 5 N–H and O–H groups in total. The van der Waals surface area contributed by atoms with Crippen molar-refractivity contribution in [2.24, 2.45) is 11.7 Å². The molecule has 0 bridgehead atoms. The van der Waals surface area contributed by atoms with Crippen LogP contribution in [0.15, 0.2) is 0 Å². The molecular weight excluding hydrogens is 91.0 g/mol. The van der Waals surface area contributed by atoms with Gasteiger partial charge in [-0.05, 0) is 0 Å². The Morgan fingerprint density at radius 3 is 2.14 bits per heavy atom. The number of carbonyl (C=O) groups is 1. The molecule has 0 rings (SSSR count). The van der Waals surface area contributed by atoms with Crippen LogP contribution >= 0.6 is 0 Å². The van der Waals surface area contributed by atoms with Gasteiger partial charge in [0.2, 0.25) is 0 Å². The summed E-state index contributed by atoms with van der Waals surface area (Å²) in [6, 6.07) is -0.727. The summed E-state index contributed by atoms with van der Waals surface area (Å²) < 4.78 is 0. The number of nitrogens with one attached hydrogen (secondary N) is 1. The van der Waals surface area contributed by atoms with E-state index in [4.69, 9.17) is 0 Å². The normalized spacial score (nSPS) is 6.00. The Hall–Kier alpha value is -0.213. The third-order valence-corrected chi connectivity index (χ3v) is 0.241. The molecule has 0 aliphatic carbocycles. The van der Waals surface area contributed by atoms with Crippen molar-refractivity contribution in [3.05, 3.63) is 5.43 Å². The van der Waals surface area contributed by atoms with Crippen molar-refractivity contribution in [2.75, 3.05) is 0 Å². The second-order valence-electron chi connectivity index (χ2n) is 0.579. The molecule has 0 atom stereocenters. The first-order chi connectivity index (χ1) is 2.81. The summed E-state index contributed by atoms with van der Waals surface area (Å²) in [7, 11) is 0.